The van der Waals surface area contributed by atoms with Crippen LogP contribution in [0.5, 0.6) is 0 Å². The van der Waals surface area contributed by atoms with Crippen molar-refractivity contribution >= 4 is 28.6 Å². The summed E-state index contributed by atoms with van der Waals surface area (Å²) >= 11 is 6.05. The predicted molar refractivity (Wildman–Crippen MR) is 119 cm³/mol. The van der Waals surface area contributed by atoms with E-state index in [1.54, 1.807) is 6.07 Å². The number of aliphatic hydroxyl groups excluding tert-OH is 1. The van der Waals surface area contributed by atoms with E-state index in [2.05, 4.69) is 43.8 Å². The average molecular weight is 456 g/mol. The monoisotopic (exact) mass is 455 g/mol. The van der Waals surface area contributed by atoms with Crippen LogP contribution in [0, 0.1) is 23.1 Å². The van der Waals surface area contributed by atoms with Crippen LogP contribution in [0.2, 0.25) is 5.02 Å². The Morgan fingerprint density at radius 2 is 2.12 bits per heavy atom. The van der Waals surface area contributed by atoms with Gasteiger partial charge in [-0.15, -0.1) is 0 Å². The summed E-state index contributed by atoms with van der Waals surface area (Å²) in [6.07, 6.45) is 3.44. The summed E-state index contributed by atoms with van der Waals surface area (Å²) in [6, 6.07) is 4.41. The molecule has 2 aromatic heterocycles. The quantitative estimate of drug-likeness (QED) is 0.576. The largest absolute Gasteiger partial charge is 0.390 e. The molecule has 2 N–H and O–H groups in total. The van der Waals surface area contributed by atoms with Gasteiger partial charge in [-0.2, -0.15) is 5.10 Å². The average Bonchev–Trinajstić information content (AvgIpc) is 3.36. The number of aliphatic hydroxyl groups is 1. The molecule has 0 amide bonds. The summed E-state index contributed by atoms with van der Waals surface area (Å²) in [5, 5.41) is 17.3. The van der Waals surface area contributed by atoms with Crippen molar-refractivity contribution in [2.75, 3.05) is 24.6 Å². The Hall–Kier alpha value is -2.73. The van der Waals surface area contributed by atoms with Crippen molar-refractivity contribution in [3.05, 3.63) is 46.0 Å². The second-order valence-electron chi connectivity index (χ2n) is 8.58. The van der Waals surface area contributed by atoms with E-state index in [-0.39, 0.29) is 22.6 Å². The number of anilines is 1. The van der Waals surface area contributed by atoms with Crippen LogP contribution < -0.4 is 4.90 Å². The maximum Gasteiger partial charge on any atom is 0.202 e. The summed E-state index contributed by atoms with van der Waals surface area (Å²) in [5.41, 5.74) is 2.05. The van der Waals surface area contributed by atoms with E-state index in [0.717, 1.165) is 39.0 Å². The van der Waals surface area contributed by atoms with Crippen molar-refractivity contribution in [1.82, 2.24) is 20.2 Å². The fourth-order valence-corrected chi connectivity index (χ4v) is 4.85. The van der Waals surface area contributed by atoms with Crippen molar-refractivity contribution in [3.8, 4) is 11.8 Å². The second-order valence-corrected chi connectivity index (χ2v) is 8.99. The number of H-pyrrole nitrogens is 1. The first-order valence-corrected chi connectivity index (χ1v) is 11.0. The van der Waals surface area contributed by atoms with Crippen LogP contribution in [-0.4, -0.2) is 51.1 Å². The molecule has 32 heavy (non-hydrogen) atoms. The fourth-order valence-electron chi connectivity index (χ4n) is 4.64. The molecule has 1 spiro atoms. The third kappa shape index (κ3) is 3.81. The fraction of sp³-hybridized carbons (Fsp3) is 0.435. The first kappa shape index (κ1) is 21.1. The molecule has 0 saturated carbocycles. The van der Waals surface area contributed by atoms with Crippen LogP contribution in [0.4, 0.5) is 10.2 Å². The topological polar surface area (TPSA) is 87.2 Å². The number of aromatic nitrogens is 4. The molecule has 0 aliphatic carbocycles. The molecule has 0 bridgehead atoms. The van der Waals surface area contributed by atoms with E-state index in [1.807, 2.05) is 0 Å². The number of piperidine rings is 1. The predicted octanol–water partition coefficient (Wildman–Crippen LogP) is 3.43. The standard InChI is InChI=1S/C23H23ClFN5O2/c1-14-11-23(13-32-14)7-9-30(10-8-23)22-19(12-31)26-20-18(28-29-21(20)27-22)6-5-15-16(24)3-2-4-17(15)25/h2-4,14,31H,7-13H2,1H3,(H,27,28,29)/t14-/m0/s1. The highest BCUT2D eigenvalue weighted by atomic mass is 35.5. The van der Waals surface area contributed by atoms with Crippen molar-refractivity contribution in [2.45, 2.75) is 38.9 Å². The Kier molecular flexibility index (Phi) is 5.49. The first-order chi connectivity index (χ1) is 15.5. The van der Waals surface area contributed by atoms with Crippen LogP contribution in [0.15, 0.2) is 18.2 Å². The Morgan fingerprint density at radius 3 is 2.81 bits per heavy atom. The van der Waals surface area contributed by atoms with Gasteiger partial charge in [0.25, 0.3) is 0 Å². The van der Waals surface area contributed by atoms with E-state index in [1.165, 1.54) is 12.1 Å². The molecule has 2 fully saturated rings. The number of nitrogens with one attached hydrogen (secondary N) is 1. The molecule has 4 heterocycles. The smallest absolute Gasteiger partial charge is 0.202 e. The van der Waals surface area contributed by atoms with Gasteiger partial charge >= 0.3 is 0 Å². The molecular formula is C23H23ClFN5O2. The highest BCUT2D eigenvalue weighted by Crippen LogP contribution is 2.42. The molecule has 3 aromatic rings. The van der Waals surface area contributed by atoms with E-state index in [0.29, 0.717) is 34.5 Å². The summed E-state index contributed by atoms with van der Waals surface area (Å²) in [6.45, 7) is 4.34. The summed E-state index contributed by atoms with van der Waals surface area (Å²) in [7, 11) is 0. The van der Waals surface area contributed by atoms with Gasteiger partial charge in [0.1, 0.15) is 22.7 Å². The van der Waals surface area contributed by atoms with Gasteiger partial charge in [0.2, 0.25) is 5.65 Å². The number of rotatable bonds is 2. The van der Waals surface area contributed by atoms with Gasteiger partial charge in [0.05, 0.1) is 29.9 Å². The number of hydrogen-bond donors (Lipinski definition) is 2. The third-order valence-electron chi connectivity index (χ3n) is 6.38. The number of hydrogen-bond acceptors (Lipinski definition) is 6. The van der Waals surface area contributed by atoms with E-state index >= 15 is 0 Å². The van der Waals surface area contributed by atoms with E-state index < -0.39 is 5.82 Å². The Balaban J connectivity index is 1.43. The van der Waals surface area contributed by atoms with E-state index in [9.17, 15) is 9.50 Å². The van der Waals surface area contributed by atoms with Gasteiger partial charge in [-0.1, -0.05) is 23.6 Å². The Morgan fingerprint density at radius 1 is 1.31 bits per heavy atom. The maximum absolute atomic E-state index is 14.0. The van der Waals surface area contributed by atoms with Gasteiger partial charge in [-0.05, 0) is 49.7 Å². The minimum Gasteiger partial charge on any atom is -0.390 e. The SMILES string of the molecule is C[C@H]1CC2(CCN(c3nc4n[nH]c(C#Cc5c(F)cccc5Cl)c4nc3CO)CC2)CO1. The molecule has 2 aliphatic heterocycles. The van der Waals surface area contributed by atoms with Crippen molar-refractivity contribution in [3.63, 3.8) is 0 Å². The van der Waals surface area contributed by atoms with Gasteiger partial charge in [-0.3, -0.25) is 5.10 Å². The lowest BCUT2D eigenvalue weighted by atomic mass is 9.77. The van der Waals surface area contributed by atoms with Gasteiger partial charge < -0.3 is 14.7 Å². The zero-order valence-electron chi connectivity index (χ0n) is 17.7. The number of aromatic amines is 1. The summed E-state index contributed by atoms with van der Waals surface area (Å²) < 4.78 is 19.8. The highest BCUT2D eigenvalue weighted by Gasteiger charge is 2.41. The highest BCUT2D eigenvalue weighted by molar-refractivity contribution is 6.31. The number of ether oxygens (including phenoxy) is 1. The second kappa shape index (κ2) is 8.32. The van der Waals surface area contributed by atoms with E-state index in [4.69, 9.17) is 16.3 Å². The first-order valence-electron chi connectivity index (χ1n) is 10.7. The lowest BCUT2D eigenvalue weighted by Crippen LogP contribution is -2.41. The number of benzene rings is 1. The van der Waals surface area contributed by atoms with Crippen molar-refractivity contribution in [2.24, 2.45) is 5.41 Å². The molecule has 2 aliphatic rings. The van der Waals surface area contributed by atoms with Crippen LogP contribution in [-0.2, 0) is 11.3 Å². The zero-order valence-corrected chi connectivity index (χ0v) is 18.4. The number of nitrogens with zero attached hydrogens (tertiary/aromatic N) is 4. The Labute approximate surface area is 190 Å². The summed E-state index contributed by atoms with van der Waals surface area (Å²) in [5.74, 6) is 5.74. The van der Waals surface area contributed by atoms with Gasteiger partial charge in [-0.25, -0.2) is 14.4 Å². The van der Waals surface area contributed by atoms with Crippen LogP contribution in [0.3, 0.4) is 0 Å². The molecule has 1 atom stereocenters. The van der Waals surface area contributed by atoms with Gasteiger partial charge in [0, 0.05) is 13.1 Å². The van der Waals surface area contributed by atoms with Crippen molar-refractivity contribution < 1.29 is 14.2 Å². The van der Waals surface area contributed by atoms with Gasteiger partial charge in [0.15, 0.2) is 5.82 Å². The molecule has 166 valence electrons. The lowest BCUT2D eigenvalue weighted by molar-refractivity contribution is 0.0975. The van der Waals surface area contributed by atoms with Crippen LogP contribution >= 0.6 is 11.6 Å². The zero-order chi connectivity index (χ0) is 22.3. The minimum atomic E-state index is -0.497. The van der Waals surface area contributed by atoms with Crippen molar-refractivity contribution in [1.29, 1.82) is 0 Å². The molecule has 0 radical (unpaired) electrons. The van der Waals surface area contributed by atoms with Crippen LogP contribution in [0.1, 0.15) is 43.1 Å². The lowest BCUT2D eigenvalue weighted by Gasteiger charge is -2.39. The molecule has 2 saturated heterocycles. The Bertz CT molecular complexity index is 1210. The third-order valence-corrected chi connectivity index (χ3v) is 6.70. The normalized spacial score (nSPS) is 20.0. The molecule has 7 nitrogen and oxygen atoms in total. The molecule has 9 heteroatoms. The number of fused-ring (bicyclic) bond motifs is 1. The molecular weight excluding hydrogens is 433 g/mol. The minimum absolute atomic E-state index is 0.108. The molecule has 1 aromatic carbocycles. The molecule has 0 unspecified atom stereocenters. The maximum atomic E-state index is 14.0. The van der Waals surface area contributed by atoms with Crippen LogP contribution in [0.25, 0.3) is 11.2 Å². The number of halogens is 2. The summed E-state index contributed by atoms with van der Waals surface area (Å²) in [4.78, 5) is 11.4. The molecule has 5 rings (SSSR count).